The molecule has 1 aliphatic rings. The van der Waals surface area contributed by atoms with Crippen LogP contribution < -0.4 is 5.32 Å². The lowest BCUT2D eigenvalue weighted by molar-refractivity contribution is -0.120. The summed E-state index contributed by atoms with van der Waals surface area (Å²) in [4.78, 5) is 25.8. The molecule has 0 bridgehead atoms. The quantitative estimate of drug-likeness (QED) is 0.749. The van der Waals surface area contributed by atoms with Gasteiger partial charge in [-0.25, -0.2) is 0 Å². The minimum atomic E-state index is -0.405. The number of thioether (sulfide) groups is 1. The van der Waals surface area contributed by atoms with Crippen molar-refractivity contribution in [2.75, 3.05) is 0 Å². The number of hydrogen-bond acceptors (Lipinski definition) is 4. The van der Waals surface area contributed by atoms with Gasteiger partial charge in [0.2, 0.25) is 0 Å². The summed E-state index contributed by atoms with van der Waals surface area (Å²) in [6.07, 6.45) is 0.375. The van der Waals surface area contributed by atoms with E-state index in [9.17, 15) is 9.59 Å². The molecule has 1 N–H and O–H groups in total. The molecule has 0 fully saturated rings. The predicted molar refractivity (Wildman–Crippen MR) is 102 cm³/mol. The van der Waals surface area contributed by atoms with Crippen LogP contribution in [-0.4, -0.2) is 16.4 Å². The summed E-state index contributed by atoms with van der Waals surface area (Å²) in [6.45, 7) is 4.21. The second kappa shape index (κ2) is 6.32. The van der Waals surface area contributed by atoms with Crippen LogP contribution >= 0.6 is 11.8 Å². The van der Waals surface area contributed by atoms with Crippen LogP contribution in [0.2, 0.25) is 0 Å². The molecule has 0 atom stereocenters. The average Bonchev–Trinajstić information content (AvgIpc) is 3.03. The first-order valence-corrected chi connectivity index (χ1v) is 9.35. The fourth-order valence-corrected chi connectivity index (χ4v) is 4.20. The lowest BCUT2D eigenvalue weighted by Crippen LogP contribution is -2.33. The summed E-state index contributed by atoms with van der Waals surface area (Å²) < 4.78 is 5.31. The van der Waals surface area contributed by atoms with E-state index in [0.717, 1.165) is 21.4 Å². The Hall–Kier alpha value is -2.53. The van der Waals surface area contributed by atoms with E-state index in [1.807, 2.05) is 62.4 Å². The maximum atomic E-state index is 12.5. The number of Topliss-reactive ketones (excluding diaryl/α,β-unsaturated/α-hetero) is 1. The molecule has 1 aliphatic heterocycles. The number of amides is 1. The largest absolute Gasteiger partial charge is 0.459 e. The van der Waals surface area contributed by atoms with Gasteiger partial charge in [0.1, 0.15) is 11.3 Å². The summed E-state index contributed by atoms with van der Waals surface area (Å²) in [5, 5.41) is 3.90. The van der Waals surface area contributed by atoms with Crippen molar-refractivity contribution in [3.63, 3.8) is 0 Å². The summed E-state index contributed by atoms with van der Waals surface area (Å²) in [5.74, 6) is 0.732. The second-order valence-corrected chi connectivity index (χ2v) is 8.63. The summed E-state index contributed by atoms with van der Waals surface area (Å²) in [5.41, 5.74) is 2.30. The van der Waals surface area contributed by atoms with Crippen molar-refractivity contribution in [1.29, 1.82) is 0 Å². The number of ketones is 1. The number of para-hydroxylation sites is 1. The van der Waals surface area contributed by atoms with Gasteiger partial charge in [0.25, 0.3) is 5.91 Å². The van der Waals surface area contributed by atoms with Gasteiger partial charge >= 0.3 is 0 Å². The van der Waals surface area contributed by atoms with Gasteiger partial charge in [-0.05, 0) is 49.7 Å². The molecular weight excluding hydrogens is 346 g/mol. The Balaban J connectivity index is 1.48. The first-order chi connectivity index (χ1) is 12.4. The smallest absolute Gasteiger partial charge is 0.251 e. The maximum absolute atomic E-state index is 12.5. The molecular formula is C21H19NO3S. The Bertz CT molecular complexity index is 986. The molecule has 3 aromatic rings. The van der Waals surface area contributed by atoms with Crippen molar-refractivity contribution in [2.24, 2.45) is 0 Å². The van der Waals surface area contributed by atoms with Gasteiger partial charge in [0.05, 0.1) is 11.3 Å². The third-order valence-corrected chi connectivity index (χ3v) is 5.97. The first-order valence-electron chi connectivity index (χ1n) is 8.53. The summed E-state index contributed by atoms with van der Waals surface area (Å²) >= 11 is 1.56. The number of furan rings is 1. The highest BCUT2D eigenvalue weighted by Crippen LogP contribution is 2.40. The van der Waals surface area contributed by atoms with E-state index in [1.165, 1.54) is 0 Å². The Kier molecular flexibility index (Phi) is 4.11. The van der Waals surface area contributed by atoms with E-state index in [0.29, 0.717) is 24.3 Å². The SMILES string of the molecule is CC1(C)Sc2ccc(C(=O)NCc3cc4ccccc4o3)cc2CC1=O. The first kappa shape index (κ1) is 16.9. The minimum absolute atomic E-state index is 0.171. The lowest BCUT2D eigenvalue weighted by atomic mass is 9.98. The van der Waals surface area contributed by atoms with Crippen LogP contribution in [0.4, 0.5) is 0 Å². The van der Waals surface area contributed by atoms with E-state index < -0.39 is 4.75 Å². The van der Waals surface area contributed by atoms with Crippen LogP contribution in [-0.2, 0) is 17.8 Å². The highest BCUT2D eigenvalue weighted by molar-refractivity contribution is 8.01. The van der Waals surface area contributed by atoms with Crippen molar-refractivity contribution >= 4 is 34.4 Å². The second-order valence-electron chi connectivity index (χ2n) is 6.97. The summed E-state index contributed by atoms with van der Waals surface area (Å²) in [7, 11) is 0. The number of carbonyl (C=O) groups excluding carboxylic acids is 2. The molecule has 26 heavy (non-hydrogen) atoms. The number of benzene rings is 2. The van der Waals surface area contributed by atoms with E-state index >= 15 is 0 Å². The molecule has 0 aliphatic carbocycles. The molecule has 1 aromatic heterocycles. The van der Waals surface area contributed by atoms with E-state index in [4.69, 9.17) is 4.42 Å². The van der Waals surface area contributed by atoms with Gasteiger partial charge in [-0.15, -0.1) is 11.8 Å². The molecule has 0 saturated carbocycles. The molecule has 2 aromatic carbocycles. The number of rotatable bonds is 3. The molecule has 2 heterocycles. The normalized spacial score (nSPS) is 15.7. The highest BCUT2D eigenvalue weighted by Gasteiger charge is 2.34. The third kappa shape index (κ3) is 3.15. The Morgan fingerprint density at radius 3 is 2.81 bits per heavy atom. The van der Waals surface area contributed by atoms with Crippen LogP contribution in [0.3, 0.4) is 0 Å². The third-order valence-electron chi connectivity index (χ3n) is 4.61. The van der Waals surface area contributed by atoms with E-state index in [-0.39, 0.29) is 11.7 Å². The van der Waals surface area contributed by atoms with Crippen LogP contribution in [0.25, 0.3) is 11.0 Å². The zero-order valence-electron chi connectivity index (χ0n) is 14.7. The van der Waals surface area contributed by atoms with Gasteiger partial charge in [0.15, 0.2) is 5.78 Å². The topological polar surface area (TPSA) is 59.3 Å². The number of nitrogens with one attached hydrogen (secondary N) is 1. The molecule has 0 spiro atoms. The van der Waals surface area contributed by atoms with Crippen molar-refractivity contribution in [2.45, 2.75) is 36.5 Å². The number of fused-ring (bicyclic) bond motifs is 2. The molecule has 1 amide bonds. The Morgan fingerprint density at radius 2 is 2.00 bits per heavy atom. The highest BCUT2D eigenvalue weighted by atomic mass is 32.2. The van der Waals surface area contributed by atoms with Gasteiger partial charge in [-0.2, -0.15) is 0 Å². The predicted octanol–water partition coefficient (Wildman–Crippen LogP) is 4.36. The van der Waals surface area contributed by atoms with Gasteiger partial charge in [0, 0.05) is 22.3 Å². The van der Waals surface area contributed by atoms with E-state index in [1.54, 1.807) is 11.8 Å². The molecule has 0 unspecified atom stereocenters. The van der Waals surface area contributed by atoms with Gasteiger partial charge in [-0.1, -0.05) is 18.2 Å². The van der Waals surface area contributed by atoms with Crippen molar-refractivity contribution in [3.8, 4) is 0 Å². The average molecular weight is 365 g/mol. The standard InChI is InChI=1S/C21H19NO3S/c1-21(2)19(23)11-15-9-14(7-8-18(15)26-21)20(24)22-12-16-10-13-5-3-4-6-17(13)25-16/h3-10H,11-12H2,1-2H3,(H,22,24). The molecule has 4 rings (SSSR count). The van der Waals surface area contributed by atoms with Gasteiger partial charge in [-0.3, -0.25) is 9.59 Å². The number of hydrogen-bond donors (Lipinski definition) is 1. The van der Waals surface area contributed by atoms with Crippen LogP contribution in [0.5, 0.6) is 0 Å². The van der Waals surface area contributed by atoms with Crippen molar-refractivity contribution in [3.05, 3.63) is 65.4 Å². The van der Waals surface area contributed by atoms with Crippen LogP contribution in [0.15, 0.2) is 57.8 Å². The molecule has 0 radical (unpaired) electrons. The van der Waals surface area contributed by atoms with Crippen LogP contribution in [0, 0.1) is 0 Å². The number of carbonyl (C=O) groups is 2. The lowest BCUT2D eigenvalue weighted by Gasteiger charge is -2.29. The van der Waals surface area contributed by atoms with Crippen LogP contribution in [0.1, 0.15) is 35.5 Å². The zero-order chi connectivity index (χ0) is 18.3. The van der Waals surface area contributed by atoms with Crippen molar-refractivity contribution < 1.29 is 14.0 Å². The Morgan fingerprint density at radius 1 is 1.19 bits per heavy atom. The molecule has 132 valence electrons. The Labute approximate surface area is 156 Å². The fraction of sp³-hybridized carbons (Fsp3) is 0.238. The van der Waals surface area contributed by atoms with Crippen molar-refractivity contribution in [1.82, 2.24) is 5.32 Å². The maximum Gasteiger partial charge on any atom is 0.251 e. The monoisotopic (exact) mass is 365 g/mol. The van der Waals surface area contributed by atoms with E-state index in [2.05, 4.69) is 5.32 Å². The summed E-state index contributed by atoms with van der Waals surface area (Å²) in [6, 6.07) is 15.2. The van der Waals surface area contributed by atoms with Gasteiger partial charge < -0.3 is 9.73 Å². The zero-order valence-corrected chi connectivity index (χ0v) is 15.5. The fourth-order valence-electron chi connectivity index (χ4n) is 3.07. The molecule has 4 nitrogen and oxygen atoms in total. The molecule has 0 saturated heterocycles. The molecule has 5 heteroatoms. The minimum Gasteiger partial charge on any atom is -0.459 e.